The number of hydrogen-bond donors (Lipinski definition) is 5. The molecule has 1 aromatic rings. The summed E-state index contributed by atoms with van der Waals surface area (Å²) in [7, 11) is 0. The van der Waals surface area contributed by atoms with E-state index in [2.05, 4.69) is 17.1 Å². The van der Waals surface area contributed by atoms with Gasteiger partial charge in [0.25, 0.3) is 0 Å². The Kier molecular flexibility index (Phi) is 10.4. The molecule has 1 amide bonds. The van der Waals surface area contributed by atoms with E-state index in [1.165, 1.54) is 6.42 Å². The second kappa shape index (κ2) is 12.3. The average molecular weight is 424 g/mol. The minimum absolute atomic E-state index is 0.0442. The van der Waals surface area contributed by atoms with E-state index in [-0.39, 0.29) is 11.9 Å². The number of piperidine rings is 1. The summed E-state index contributed by atoms with van der Waals surface area (Å²) < 4.78 is 0. The third kappa shape index (κ3) is 7.40. The van der Waals surface area contributed by atoms with E-state index in [0.29, 0.717) is 0 Å². The first-order valence-corrected chi connectivity index (χ1v) is 10.0. The van der Waals surface area contributed by atoms with Crippen LogP contribution < -0.4 is 5.32 Å². The molecule has 1 heterocycles. The van der Waals surface area contributed by atoms with Crippen LogP contribution in [-0.2, 0) is 14.4 Å². The number of carboxylic acids is 2. The van der Waals surface area contributed by atoms with Crippen molar-refractivity contribution >= 4 is 23.5 Å². The Hall–Kier alpha value is -2.49. The van der Waals surface area contributed by atoms with E-state index < -0.39 is 24.1 Å². The SMILES string of the molecule is CCCN1CCCCC1C(=O)Nc1c(C)cccc1C.O=C(O)C(O)C(O)C(=O)O. The number of nitrogens with one attached hydrogen (secondary N) is 1. The molecule has 9 heteroatoms. The van der Waals surface area contributed by atoms with E-state index in [1.807, 2.05) is 32.0 Å². The van der Waals surface area contributed by atoms with Gasteiger partial charge in [0.1, 0.15) is 0 Å². The van der Waals surface area contributed by atoms with Crippen LogP contribution >= 0.6 is 0 Å². The normalized spacial score (nSPS) is 18.5. The second-order valence-corrected chi connectivity index (χ2v) is 7.37. The van der Waals surface area contributed by atoms with Crippen LogP contribution in [0.1, 0.15) is 43.7 Å². The van der Waals surface area contributed by atoms with Crippen LogP contribution in [0.25, 0.3) is 0 Å². The summed E-state index contributed by atoms with van der Waals surface area (Å²) in [6.45, 7) is 8.35. The van der Waals surface area contributed by atoms with Gasteiger partial charge in [-0.05, 0) is 57.3 Å². The molecule has 168 valence electrons. The Balaban J connectivity index is 0.000000382. The third-order valence-electron chi connectivity index (χ3n) is 4.96. The fraction of sp³-hybridized carbons (Fsp3) is 0.571. The zero-order valence-electron chi connectivity index (χ0n) is 17.7. The lowest BCUT2D eigenvalue weighted by Gasteiger charge is -2.34. The van der Waals surface area contributed by atoms with Gasteiger partial charge in [-0.15, -0.1) is 0 Å². The maximum atomic E-state index is 12.6. The first-order valence-electron chi connectivity index (χ1n) is 10.0. The van der Waals surface area contributed by atoms with E-state index in [4.69, 9.17) is 20.4 Å². The number of carbonyl (C=O) groups excluding carboxylic acids is 1. The number of carboxylic acid groups (broad SMARTS) is 2. The van der Waals surface area contributed by atoms with Gasteiger partial charge in [-0.3, -0.25) is 9.69 Å². The molecule has 1 aliphatic heterocycles. The number of nitrogens with zero attached hydrogens (tertiary/aromatic N) is 1. The number of carbonyl (C=O) groups is 3. The van der Waals surface area contributed by atoms with E-state index in [9.17, 15) is 14.4 Å². The summed E-state index contributed by atoms with van der Waals surface area (Å²) in [5.41, 5.74) is 3.26. The van der Waals surface area contributed by atoms with Gasteiger partial charge in [0, 0.05) is 5.69 Å². The fourth-order valence-electron chi connectivity index (χ4n) is 3.33. The second-order valence-electron chi connectivity index (χ2n) is 7.37. The lowest BCUT2D eigenvalue weighted by Crippen LogP contribution is -2.47. The molecule has 0 saturated carbocycles. The van der Waals surface area contributed by atoms with Gasteiger partial charge >= 0.3 is 11.9 Å². The highest BCUT2D eigenvalue weighted by Gasteiger charge is 2.29. The Morgan fingerprint density at radius 2 is 1.60 bits per heavy atom. The first-order chi connectivity index (χ1) is 14.1. The summed E-state index contributed by atoms with van der Waals surface area (Å²) in [4.78, 5) is 34.5. The number of aryl methyl sites for hydroxylation is 2. The summed E-state index contributed by atoms with van der Waals surface area (Å²) in [5, 5.41) is 35.7. The summed E-state index contributed by atoms with van der Waals surface area (Å²) in [5.74, 6) is -3.37. The number of aliphatic hydroxyl groups excluding tert-OH is 2. The van der Waals surface area contributed by atoms with Crippen molar-refractivity contribution in [1.82, 2.24) is 4.90 Å². The molecular formula is C21H32N2O7. The molecule has 9 nitrogen and oxygen atoms in total. The summed E-state index contributed by atoms with van der Waals surface area (Å²) >= 11 is 0. The van der Waals surface area contributed by atoms with E-state index in [1.54, 1.807) is 0 Å². The van der Waals surface area contributed by atoms with Crippen molar-refractivity contribution in [3.8, 4) is 0 Å². The van der Waals surface area contributed by atoms with E-state index >= 15 is 0 Å². The number of aliphatic hydroxyl groups is 2. The van der Waals surface area contributed by atoms with Crippen LogP contribution in [0.2, 0.25) is 0 Å². The van der Waals surface area contributed by atoms with Gasteiger partial charge in [-0.2, -0.15) is 0 Å². The molecule has 3 unspecified atom stereocenters. The summed E-state index contributed by atoms with van der Waals surface area (Å²) in [6.07, 6.45) is -0.0719. The molecule has 2 rings (SSSR count). The molecule has 0 spiro atoms. The standard InChI is InChI=1S/C17H26N2O.C4H6O6/c1-4-11-19-12-6-5-10-15(19)17(20)18-16-13(2)8-7-9-14(16)3;5-1(3(7)8)2(6)4(9)10/h7-9,15H,4-6,10-12H2,1-3H3,(H,18,20);1-2,5-6H,(H,7,8)(H,9,10). The number of para-hydroxylation sites is 1. The Morgan fingerprint density at radius 3 is 2.07 bits per heavy atom. The topological polar surface area (TPSA) is 147 Å². The van der Waals surface area contributed by atoms with Crippen molar-refractivity contribution in [2.45, 2.75) is 64.7 Å². The van der Waals surface area contributed by atoms with Crippen molar-refractivity contribution in [3.63, 3.8) is 0 Å². The van der Waals surface area contributed by atoms with Crippen molar-refractivity contribution in [2.75, 3.05) is 18.4 Å². The monoisotopic (exact) mass is 424 g/mol. The molecule has 1 fully saturated rings. The van der Waals surface area contributed by atoms with Crippen molar-refractivity contribution in [1.29, 1.82) is 0 Å². The summed E-state index contributed by atoms with van der Waals surface area (Å²) in [6, 6.07) is 6.17. The number of benzene rings is 1. The highest BCUT2D eigenvalue weighted by molar-refractivity contribution is 5.96. The van der Waals surface area contributed by atoms with Gasteiger partial charge in [-0.1, -0.05) is 31.5 Å². The number of amides is 1. The molecule has 1 saturated heterocycles. The molecular weight excluding hydrogens is 392 g/mol. The third-order valence-corrected chi connectivity index (χ3v) is 4.96. The predicted molar refractivity (Wildman–Crippen MR) is 111 cm³/mol. The average Bonchev–Trinajstić information content (AvgIpc) is 2.70. The smallest absolute Gasteiger partial charge is 0.335 e. The number of anilines is 1. The van der Waals surface area contributed by atoms with Crippen LogP contribution in [0, 0.1) is 13.8 Å². The van der Waals surface area contributed by atoms with Crippen LogP contribution in [0.4, 0.5) is 5.69 Å². The Morgan fingerprint density at radius 1 is 1.07 bits per heavy atom. The lowest BCUT2D eigenvalue weighted by atomic mass is 10.0. The van der Waals surface area contributed by atoms with Gasteiger partial charge in [0.05, 0.1) is 6.04 Å². The van der Waals surface area contributed by atoms with Gasteiger partial charge in [0.15, 0.2) is 12.2 Å². The first kappa shape index (κ1) is 25.5. The zero-order valence-corrected chi connectivity index (χ0v) is 17.7. The highest BCUT2D eigenvalue weighted by Crippen LogP contribution is 2.23. The Labute approximate surface area is 176 Å². The maximum absolute atomic E-state index is 12.6. The quantitative estimate of drug-likeness (QED) is 0.441. The van der Waals surface area contributed by atoms with Crippen molar-refractivity contribution in [3.05, 3.63) is 29.3 Å². The van der Waals surface area contributed by atoms with Crippen molar-refractivity contribution in [2.24, 2.45) is 0 Å². The molecule has 1 aliphatic rings. The molecule has 30 heavy (non-hydrogen) atoms. The largest absolute Gasteiger partial charge is 0.479 e. The molecule has 1 aromatic carbocycles. The van der Waals surface area contributed by atoms with Crippen LogP contribution in [-0.4, -0.2) is 74.5 Å². The van der Waals surface area contributed by atoms with Crippen molar-refractivity contribution < 1.29 is 34.8 Å². The fourth-order valence-corrected chi connectivity index (χ4v) is 3.33. The minimum atomic E-state index is -2.27. The minimum Gasteiger partial charge on any atom is -0.479 e. The van der Waals surface area contributed by atoms with Crippen LogP contribution in [0.5, 0.6) is 0 Å². The van der Waals surface area contributed by atoms with Crippen LogP contribution in [0.3, 0.4) is 0 Å². The molecule has 0 bridgehead atoms. The van der Waals surface area contributed by atoms with E-state index in [0.717, 1.165) is 49.2 Å². The van der Waals surface area contributed by atoms with Gasteiger partial charge in [-0.25, -0.2) is 9.59 Å². The Bertz CT molecular complexity index is 698. The van der Waals surface area contributed by atoms with Gasteiger partial charge in [0.2, 0.25) is 5.91 Å². The number of aliphatic carboxylic acids is 2. The maximum Gasteiger partial charge on any atom is 0.335 e. The number of likely N-dealkylation sites (tertiary alicyclic amines) is 1. The number of hydrogen-bond acceptors (Lipinski definition) is 6. The predicted octanol–water partition coefficient (Wildman–Crippen LogP) is 1.38. The molecule has 0 aromatic heterocycles. The van der Waals surface area contributed by atoms with Crippen LogP contribution in [0.15, 0.2) is 18.2 Å². The molecule has 0 radical (unpaired) electrons. The molecule has 3 atom stereocenters. The molecule has 0 aliphatic carbocycles. The van der Waals surface area contributed by atoms with Gasteiger partial charge < -0.3 is 25.7 Å². The molecule has 5 N–H and O–H groups in total. The highest BCUT2D eigenvalue weighted by atomic mass is 16.4. The zero-order chi connectivity index (χ0) is 22.8. The lowest BCUT2D eigenvalue weighted by molar-refractivity contribution is -0.165. The number of rotatable bonds is 7.